The van der Waals surface area contributed by atoms with Gasteiger partial charge in [0.2, 0.25) is 0 Å². The van der Waals surface area contributed by atoms with Crippen molar-refractivity contribution in [2.45, 2.75) is 45.1 Å². The monoisotopic (exact) mass is 394 g/mol. The van der Waals surface area contributed by atoms with Crippen molar-refractivity contribution in [2.75, 3.05) is 7.05 Å². The third-order valence-corrected chi connectivity index (χ3v) is 6.57. The fraction of sp³-hybridized carbons (Fsp3) is 0.421. The van der Waals surface area contributed by atoms with Crippen molar-refractivity contribution in [1.82, 2.24) is 10.0 Å². The summed E-state index contributed by atoms with van der Waals surface area (Å²) < 4.78 is 20.4. The number of hydrogen-bond acceptors (Lipinski definition) is 4. The Morgan fingerprint density at radius 3 is 2.65 bits per heavy atom. The number of benzene rings is 1. The molecule has 0 fully saturated rings. The predicted molar refractivity (Wildman–Crippen MR) is 108 cm³/mol. The standard InChI is InChI=1S/C19H26N2O3S2/c1-13(21-26(23)19(2,3)4)17-10-15(12-25-17)16-9-7-6-8-14(16)11-24-18(22)20-5/h6-10,12-13,21H,11H2,1-5H3,(H,20,22). The average molecular weight is 395 g/mol. The fourth-order valence-corrected chi connectivity index (χ4v) is 4.05. The van der Waals surface area contributed by atoms with Crippen molar-refractivity contribution in [3.63, 3.8) is 0 Å². The summed E-state index contributed by atoms with van der Waals surface area (Å²) in [6.45, 7) is 8.07. The SMILES string of the molecule is CNC(=O)OCc1ccccc1-c1csc(C(C)NS(=O)C(C)(C)C)c1. The van der Waals surface area contributed by atoms with Crippen LogP contribution in [-0.4, -0.2) is 22.1 Å². The van der Waals surface area contributed by atoms with Crippen molar-refractivity contribution < 1.29 is 13.7 Å². The molecule has 2 atom stereocenters. The summed E-state index contributed by atoms with van der Waals surface area (Å²) >= 11 is 1.63. The van der Waals surface area contributed by atoms with Crippen molar-refractivity contribution >= 4 is 28.4 Å². The van der Waals surface area contributed by atoms with E-state index in [1.807, 2.05) is 52.0 Å². The zero-order valence-corrected chi connectivity index (χ0v) is 17.4. The first-order valence-corrected chi connectivity index (χ1v) is 10.4. The lowest BCUT2D eigenvalue weighted by atomic mass is 10.0. The minimum Gasteiger partial charge on any atom is -0.445 e. The predicted octanol–water partition coefficient (Wildman–Crippen LogP) is 4.38. The first-order chi connectivity index (χ1) is 12.2. The van der Waals surface area contributed by atoms with Gasteiger partial charge in [0.25, 0.3) is 0 Å². The van der Waals surface area contributed by atoms with Crippen LogP contribution in [0.15, 0.2) is 35.7 Å². The van der Waals surface area contributed by atoms with Crippen LogP contribution >= 0.6 is 11.3 Å². The fourth-order valence-electron chi connectivity index (χ4n) is 2.26. The number of rotatable bonds is 6. The summed E-state index contributed by atoms with van der Waals surface area (Å²) in [6, 6.07) is 9.94. The summed E-state index contributed by atoms with van der Waals surface area (Å²) in [5, 5.41) is 4.52. The van der Waals surface area contributed by atoms with Crippen molar-refractivity contribution in [1.29, 1.82) is 0 Å². The number of nitrogens with one attached hydrogen (secondary N) is 2. The largest absolute Gasteiger partial charge is 0.445 e. The normalized spacial score (nSPS) is 13.9. The highest BCUT2D eigenvalue weighted by molar-refractivity contribution is 7.84. The molecule has 0 aliphatic heterocycles. The number of alkyl carbamates (subject to hydrolysis) is 1. The number of thiophene rings is 1. The van der Waals surface area contributed by atoms with E-state index >= 15 is 0 Å². The highest BCUT2D eigenvalue weighted by Gasteiger charge is 2.22. The van der Waals surface area contributed by atoms with Crippen LogP contribution in [0.1, 0.15) is 44.2 Å². The van der Waals surface area contributed by atoms with Gasteiger partial charge in [0.1, 0.15) is 6.61 Å². The van der Waals surface area contributed by atoms with Crippen LogP contribution < -0.4 is 10.0 Å². The molecule has 2 rings (SSSR count). The minimum absolute atomic E-state index is 0.0110. The van der Waals surface area contributed by atoms with Gasteiger partial charge in [0.15, 0.2) is 0 Å². The van der Waals surface area contributed by atoms with Crippen molar-refractivity contribution in [3.05, 3.63) is 46.2 Å². The molecule has 0 aliphatic carbocycles. The molecular formula is C19H26N2O3S2. The van der Waals surface area contributed by atoms with Crippen LogP contribution in [0, 0.1) is 0 Å². The molecule has 1 heterocycles. The van der Waals surface area contributed by atoms with Gasteiger partial charge in [-0.05, 0) is 55.8 Å². The molecule has 26 heavy (non-hydrogen) atoms. The van der Waals surface area contributed by atoms with E-state index in [2.05, 4.69) is 21.5 Å². The molecule has 1 amide bonds. The van der Waals surface area contributed by atoms with E-state index in [0.29, 0.717) is 0 Å². The molecule has 2 aromatic rings. The Hall–Kier alpha value is -1.70. The Balaban J connectivity index is 2.17. The Morgan fingerprint density at radius 2 is 2.00 bits per heavy atom. The molecule has 2 unspecified atom stereocenters. The summed E-state index contributed by atoms with van der Waals surface area (Å²) in [7, 11) is 0.412. The second-order valence-corrected chi connectivity index (χ2v) is 9.88. The van der Waals surface area contributed by atoms with Crippen LogP contribution in [-0.2, 0) is 22.3 Å². The zero-order chi connectivity index (χ0) is 19.3. The highest BCUT2D eigenvalue weighted by Crippen LogP contribution is 2.32. The second kappa shape index (κ2) is 8.79. The number of hydrogen-bond donors (Lipinski definition) is 2. The Bertz CT molecular complexity index is 781. The molecule has 0 bridgehead atoms. The quantitative estimate of drug-likeness (QED) is 0.764. The summed E-state index contributed by atoms with van der Waals surface area (Å²) in [4.78, 5) is 12.5. The lowest BCUT2D eigenvalue weighted by Gasteiger charge is -2.21. The van der Waals surface area contributed by atoms with Gasteiger partial charge >= 0.3 is 6.09 Å². The Kier molecular flexibility index (Phi) is 6.97. The van der Waals surface area contributed by atoms with Gasteiger partial charge in [-0.1, -0.05) is 24.3 Å². The van der Waals surface area contributed by atoms with Gasteiger partial charge in [0, 0.05) is 11.9 Å². The maximum absolute atomic E-state index is 12.3. The van der Waals surface area contributed by atoms with Crippen LogP contribution in [0.25, 0.3) is 11.1 Å². The van der Waals surface area contributed by atoms with Gasteiger partial charge in [0.05, 0.1) is 21.8 Å². The van der Waals surface area contributed by atoms with E-state index in [-0.39, 0.29) is 17.4 Å². The van der Waals surface area contributed by atoms with E-state index in [1.165, 1.54) is 7.05 Å². The molecule has 1 aromatic heterocycles. The van der Waals surface area contributed by atoms with Crippen molar-refractivity contribution in [3.8, 4) is 11.1 Å². The Labute approximate surface area is 161 Å². The summed E-state index contributed by atoms with van der Waals surface area (Å²) in [5.74, 6) is 0. The second-order valence-electron chi connectivity index (χ2n) is 6.94. The third kappa shape index (κ3) is 5.40. The lowest BCUT2D eigenvalue weighted by molar-refractivity contribution is 0.142. The van der Waals surface area contributed by atoms with E-state index in [9.17, 15) is 9.00 Å². The molecule has 0 spiro atoms. The highest BCUT2D eigenvalue weighted by atomic mass is 32.2. The number of amides is 1. The molecule has 0 radical (unpaired) electrons. The number of carbonyl (C=O) groups excluding carboxylic acids is 1. The first-order valence-electron chi connectivity index (χ1n) is 8.41. The molecule has 0 aliphatic rings. The summed E-state index contributed by atoms with van der Waals surface area (Å²) in [5.41, 5.74) is 3.04. The lowest BCUT2D eigenvalue weighted by Crippen LogP contribution is -2.34. The molecule has 0 saturated heterocycles. The van der Waals surface area contributed by atoms with Gasteiger partial charge in [-0.3, -0.25) is 0 Å². The van der Waals surface area contributed by atoms with E-state index < -0.39 is 17.1 Å². The summed E-state index contributed by atoms with van der Waals surface area (Å²) in [6.07, 6.45) is -0.451. The van der Waals surface area contributed by atoms with Gasteiger partial charge in [-0.15, -0.1) is 11.3 Å². The van der Waals surface area contributed by atoms with Crippen LogP contribution in [0.4, 0.5) is 4.79 Å². The molecule has 0 saturated carbocycles. The molecular weight excluding hydrogens is 368 g/mol. The Morgan fingerprint density at radius 1 is 1.31 bits per heavy atom. The smallest absolute Gasteiger partial charge is 0.407 e. The topological polar surface area (TPSA) is 67.4 Å². The van der Waals surface area contributed by atoms with Gasteiger partial charge in [-0.2, -0.15) is 0 Å². The molecule has 7 heteroatoms. The van der Waals surface area contributed by atoms with Crippen LogP contribution in [0.3, 0.4) is 0 Å². The third-order valence-electron chi connectivity index (χ3n) is 3.78. The van der Waals surface area contributed by atoms with Crippen molar-refractivity contribution in [2.24, 2.45) is 0 Å². The van der Waals surface area contributed by atoms with Gasteiger partial charge < -0.3 is 10.1 Å². The van der Waals surface area contributed by atoms with Crippen LogP contribution in [0.2, 0.25) is 0 Å². The van der Waals surface area contributed by atoms with E-state index in [0.717, 1.165) is 21.6 Å². The van der Waals surface area contributed by atoms with E-state index in [4.69, 9.17) is 4.74 Å². The maximum atomic E-state index is 12.3. The first kappa shape index (κ1) is 20.6. The molecule has 142 valence electrons. The average Bonchev–Trinajstić information content (AvgIpc) is 3.09. The minimum atomic E-state index is -1.12. The zero-order valence-electron chi connectivity index (χ0n) is 15.8. The maximum Gasteiger partial charge on any atom is 0.407 e. The van der Waals surface area contributed by atoms with Gasteiger partial charge in [-0.25, -0.2) is 13.7 Å². The number of ether oxygens (including phenoxy) is 1. The molecule has 2 N–H and O–H groups in total. The number of carbonyl (C=O) groups is 1. The van der Waals surface area contributed by atoms with E-state index in [1.54, 1.807) is 11.3 Å². The molecule has 5 nitrogen and oxygen atoms in total. The van der Waals surface area contributed by atoms with Crippen LogP contribution in [0.5, 0.6) is 0 Å². The molecule has 1 aromatic carbocycles.